The highest BCUT2D eigenvalue weighted by molar-refractivity contribution is 6.01. The van der Waals surface area contributed by atoms with Gasteiger partial charge in [-0.25, -0.2) is 8.78 Å². The first-order chi connectivity index (χ1) is 11.7. The van der Waals surface area contributed by atoms with Gasteiger partial charge in [-0.05, 0) is 30.7 Å². The third-order valence-corrected chi connectivity index (χ3v) is 3.66. The Morgan fingerprint density at radius 3 is 2.68 bits per heavy atom. The molecule has 0 aliphatic carbocycles. The summed E-state index contributed by atoms with van der Waals surface area (Å²) in [6, 6.07) is 3.04. The van der Waals surface area contributed by atoms with Crippen molar-refractivity contribution in [3.63, 3.8) is 0 Å². The number of amides is 1. The smallest absolute Gasteiger partial charge is 0.422 e. The fourth-order valence-electron chi connectivity index (χ4n) is 2.59. The van der Waals surface area contributed by atoms with E-state index in [-0.39, 0.29) is 11.3 Å². The van der Waals surface area contributed by atoms with Crippen LogP contribution in [0.25, 0.3) is 0 Å². The van der Waals surface area contributed by atoms with Gasteiger partial charge < -0.3 is 9.84 Å². The van der Waals surface area contributed by atoms with Gasteiger partial charge in [-0.1, -0.05) is 0 Å². The number of halogens is 4. The van der Waals surface area contributed by atoms with Gasteiger partial charge in [-0.3, -0.25) is 14.7 Å². The number of fused-ring (bicyclic) bond motifs is 1. The van der Waals surface area contributed by atoms with E-state index >= 15 is 0 Å². The van der Waals surface area contributed by atoms with E-state index in [1.54, 1.807) is 0 Å². The molecule has 1 amide bonds. The molecule has 1 aliphatic rings. The lowest BCUT2D eigenvalue weighted by Crippen LogP contribution is -2.50. The number of alkyl halides is 2. The summed E-state index contributed by atoms with van der Waals surface area (Å²) >= 11 is 0. The number of pyridine rings is 1. The molecule has 1 N–H and O–H groups in total. The van der Waals surface area contributed by atoms with Crippen LogP contribution in [-0.2, 0) is 11.3 Å². The molecule has 25 heavy (non-hydrogen) atoms. The number of aliphatic hydroxyl groups excluding tert-OH is 1. The zero-order valence-electron chi connectivity index (χ0n) is 12.8. The van der Waals surface area contributed by atoms with E-state index in [9.17, 15) is 27.5 Å². The van der Waals surface area contributed by atoms with Gasteiger partial charge in [0.2, 0.25) is 0 Å². The number of ether oxygens (including phenoxy) is 1. The average molecular weight is 356 g/mol. The van der Waals surface area contributed by atoms with Crippen molar-refractivity contribution in [1.82, 2.24) is 4.98 Å². The average Bonchev–Trinajstić information content (AvgIpc) is 2.51. The van der Waals surface area contributed by atoms with Crippen LogP contribution in [0.15, 0.2) is 30.6 Å². The molecular weight excluding hydrogens is 344 g/mol. The number of carbonyl (C=O) groups is 1. The first kappa shape index (κ1) is 17.2. The Morgan fingerprint density at radius 1 is 1.32 bits per heavy atom. The SMILES string of the molecule is C[C@H](O)c1c(F)ccc2c1OC(F)(F)C(=O)N2Cc1cncc(F)c1. The van der Waals surface area contributed by atoms with Crippen molar-refractivity contribution in [3.8, 4) is 5.75 Å². The molecule has 0 spiro atoms. The summed E-state index contributed by atoms with van der Waals surface area (Å²) < 4.78 is 59.5. The zero-order valence-corrected chi connectivity index (χ0v) is 12.8. The molecule has 3 rings (SSSR count). The van der Waals surface area contributed by atoms with Crippen LogP contribution < -0.4 is 9.64 Å². The van der Waals surface area contributed by atoms with Gasteiger partial charge in [-0.15, -0.1) is 0 Å². The molecule has 0 saturated heterocycles. The first-order valence-electron chi connectivity index (χ1n) is 7.19. The van der Waals surface area contributed by atoms with Crippen LogP contribution in [0.3, 0.4) is 0 Å². The van der Waals surface area contributed by atoms with Crippen LogP contribution in [0.2, 0.25) is 0 Å². The predicted molar refractivity (Wildman–Crippen MR) is 78.0 cm³/mol. The Morgan fingerprint density at radius 2 is 2.04 bits per heavy atom. The fraction of sp³-hybridized carbons (Fsp3) is 0.250. The molecule has 9 heteroatoms. The third-order valence-electron chi connectivity index (χ3n) is 3.66. The summed E-state index contributed by atoms with van der Waals surface area (Å²) in [7, 11) is 0. The van der Waals surface area contributed by atoms with Gasteiger partial charge in [0.1, 0.15) is 11.6 Å². The van der Waals surface area contributed by atoms with Crippen molar-refractivity contribution in [1.29, 1.82) is 0 Å². The van der Waals surface area contributed by atoms with Crippen molar-refractivity contribution >= 4 is 11.6 Å². The Kier molecular flexibility index (Phi) is 4.11. The highest BCUT2D eigenvalue weighted by Gasteiger charge is 2.51. The molecule has 1 aliphatic heterocycles. The summed E-state index contributed by atoms with van der Waals surface area (Å²) in [6.07, 6.45) is -3.57. The predicted octanol–water partition coefficient (Wildman–Crippen LogP) is 2.93. The largest absolute Gasteiger partial charge is 0.483 e. The lowest BCUT2D eigenvalue weighted by Gasteiger charge is -2.35. The van der Waals surface area contributed by atoms with Crippen LogP contribution in [0.4, 0.5) is 23.2 Å². The molecule has 0 radical (unpaired) electrons. The van der Waals surface area contributed by atoms with E-state index in [1.807, 2.05) is 0 Å². The van der Waals surface area contributed by atoms with E-state index in [4.69, 9.17) is 0 Å². The van der Waals surface area contributed by atoms with Crippen LogP contribution in [-0.4, -0.2) is 22.1 Å². The number of benzene rings is 1. The molecule has 1 aromatic carbocycles. The summed E-state index contributed by atoms with van der Waals surface area (Å²) in [5.41, 5.74) is -0.496. The maximum atomic E-state index is 14.0. The van der Waals surface area contributed by atoms with Crippen molar-refractivity contribution in [2.75, 3.05) is 4.90 Å². The number of hydrogen-bond donors (Lipinski definition) is 1. The number of hydrogen-bond acceptors (Lipinski definition) is 4. The van der Waals surface area contributed by atoms with E-state index in [0.717, 1.165) is 24.4 Å². The topological polar surface area (TPSA) is 62.7 Å². The summed E-state index contributed by atoms with van der Waals surface area (Å²) in [4.78, 5) is 16.3. The number of nitrogens with zero attached hydrogens (tertiary/aromatic N) is 2. The standard InChI is InChI=1S/C16H12F4N2O3/c1-8(23)13-11(18)2-3-12-14(13)25-16(19,20)15(24)22(12)7-9-4-10(17)6-21-5-9/h2-6,8,23H,7H2,1H3/t8-/m0/s1. The summed E-state index contributed by atoms with van der Waals surface area (Å²) in [5, 5.41) is 9.68. The molecule has 0 bridgehead atoms. The maximum absolute atomic E-state index is 14.0. The Bertz CT molecular complexity index is 842. The zero-order chi connectivity index (χ0) is 18.4. The summed E-state index contributed by atoms with van der Waals surface area (Å²) in [6.45, 7) is 0.748. The van der Waals surface area contributed by atoms with Gasteiger partial charge in [0.15, 0.2) is 5.75 Å². The molecule has 2 heterocycles. The molecule has 2 aromatic rings. The minimum atomic E-state index is -4.26. The van der Waals surface area contributed by atoms with E-state index in [2.05, 4.69) is 9.72 Å². The molecule has 0 unspecified atom stereocenters. The van der Waals surface area contributed by atoms with Crippen molar-refractivity contribution in [2.24, 2.45) is 0 Å². The van der Waals surface area contributed by atoms with Gasteiger partial charge >= 0.3 is 12.0 Å². The van der Waals surface area contributed by atoms with Crippen molar-refractivity contribution in [3.05, 3.63) is 53.4 Å². The van der Waals surface area contributed by atoms with Crippen LogP contribution in [0, 0.1) is 11.6 Å². The second-order valence-electron chi connectivity index (χ2n) is 5.51. The van der Waals surface area contributed by atoms with Gasteiger partial charge in [-0.2, -0.15) is 8.78 Å². The number of aliphatic hydroxyl groups is 1. The molecule has 1 atom stereocenters. The lowest BCUT2D eigenvalue weighted by molar-refractivity contribution is -0.193. The maximum Gasteiger partial charge on any atom is 0.483 e. The molecular formula is C16H12F4N2O3. The Hall–Kier alpha value is -2.68. The normalized spacial score (nSPS) is 17.0. The van der Waals surface area contributed by atoms with E-state index in [0.29, 0.717) is 4.90 Å². The second kappa shape index (κ2) is 5.99. The second-order valence-corrected chi connectivity index (χ2v) is 5.51. The van der Waals surface area contributed by atoms with Crippen molar-refractivity contribution < 1.29 is 32.2 Å². The van der Waals surface area contributed by atoms with Crippen LogP contribution in [0.1, 0.15) is 24.2 Å². The minimum absolute atomic E-state index is 0.153. The van der Waals surface area contributed by atoms with Gasteiger partial charge in [0.05, 0.1) is 30.1 Å². The summed E-state index contributed by atoms with van der Waals surface area (Å²) in [5.74, 6) is -3.98. The minimum Gasteiger partial charge on any atom is -0.422 e. The van der Waals surface area contributed by atoms with E-state index < -0.39 is 47.6 Å². The molecule has 0 saturated carbocycles. The Labute approximate surface area is 139 Å². The molecule has 132 valence electrons. The first-order valence-corrected chi connectivity index (χ1v) is 7.19. The molecule has 5 nitrogen and oxygen atoms in total. The quantitative estimate of drug-likeness (QED) is 0.859. The molecule has 0 fully saturated rings. The monoisotopic (exact) mass is 356 g/mol. The van der Waals surface area contributed by atoms with Gasteiger partial charge in [0, 0.05) is 6.20 Å². The lowest BCUT2D eigenvalue weighted by atomic mass is 10.0. The van der Waals surface area contributed by atoms with Gasteiger partial charge in [0.25, 0.3) is 0 Å². The van der Waals surface area contributed by atoms with Crippen molar-refractivity contribution in [2.45, 2.75) is 25.7 Å². The number of aromatic nitrogens is 1. The molecule has 1 aromatic heterocycles. The number of carbonyl (C=O) groups excluding carboxylic acids is 1. The Balaban J connectivity index is 2.13. The van der Waals surface area contributed by atoms with Crippen LogP contribution >= 0.6 is 0 Å². The highest BCUT2D eigenvalue weighted by Crippen LogP contribution is 2.45. The van der Waals surface area contributed by atoms with Crippen LogP contribution in [0.5, 0.6) is 5.75 Å². The fourth-order valence-corrected chi connectivity index (χ4v) is 2.59. The number of rotatable bonds is 3. The highest BCUT2D eigenvalue weighted by atomic mass is 19.3. The van der Waals surface area contributed by atoms with E-state index in [1.165, 1.54) is 13.1 Å². The number of anilines is 1. The third kappa shape index (κ3) is 3.02.